The van der Waals surface area contributed by atoms with E-state index < -0.39 is 10.8 Å². The number of hydrogen-bond acceptors (Lipinski definition) is 2. The smallest absolute Gasteiger partial charge is 0.396 e. The Kier molecular flexibility index (Phi) is 4.61. The third-order valence-corrected chi connectivity index (χ3v) is 1.98. The van der Waals surface area contributed by atoms with E-state index in [-0.39, 0.29) is 6.61 Å². The molecule has 0 fully saturated rings. The van der Waals surface area contributed by atoms with Gasteiger partial charge < -0.3 is 4.74 Å². The number of benzene rings is 1. The Balaban J connectivity index is 2.37. The van der Waals surface area contributed by atoms with Gasteiger partial charge >= 0.3 is 10.8 Å². The maximum Gasteiger partial charge on any atom is 0.396 e. The summed E-state index contributed by atoms with van der Waals surface area (Å²) >= 11 is 1.91. The van der Waals surface area contributed by atoms with E-state index in [1.807, 2.05) is 46.3 Å². The van der Waals surface area contributed by atoms with Crippen LogP contribution in [0.25, 0.3) is 6.08 Å². The largest absolute Gasteiger partial charge is 0.456 e. The number of rotatable bonds is 4. The topological polar surface area (TPSA) is 26.3 Å². The second kappa shape index (κ2) is 5.75. The zero-order chi connectivity index (χ0) is 12.0. The monoisotopic (exact) mass is 290 g/mol. The first-order valence-electron chi connectivity index (χ1n) is 4.45. The summed E-state index contributed by atoms with van der Waals surface area (Å²) in [5.41, 5.74) is 0.907. The van der Waals surface area contributed by atoms with Crippen molar-refractivity contribution in [2.75, 3.05) is 6.61 Å². The van der Waals surface area contributed by atoms with Gasteiger partial charge in [-0.3, -0.25) is 0 Å². The summed E-state index contributed by atoms with van der Waals surface area (Å²) in [6.07, 6.45) is 3.17. The van der Waals surface area contributed by atoms with Crippen molar-refractivity contribution in [3.8, 4) is 0 Å². The van der Waals surface area contributed by atoms with Gasteiger partial charge in [-0.05, 0) is 11.6 Å². The van der Waals surface area contributed by atoms with E-state index in [0.29, 0.717) is 0 Å². The van der Waals surface area contributed by atoms with Crippen LogP contribution >= 0.6 is 15.9 Å². The van der Waals surface area contributed by atoms with E-state index in [4.69, 9.17) is 0 Å². The molecular formula is C11H9BrF2O2. The van der Waals surface area contributed by atoms with E-state index in [9.17, 15) is 13.6 Å². The van der Waals surface area contributed by atoms with E-state index in [1.165, 1.54) is 6.08 Å². The fourth-order valence-corrected chi connectivity index (χ4v) is 1.07. The first kappa shape index (κ1) is 12.8. The van der Waals surface area contributed by atoms with Gasteiger partial charge in [0.2, 0.25) is 0 Å². The molecule has 0 heterocycles. The van der Waals surface area contributed by atoms with Gasteiger partial charge in [-0.2, -0.15) is 8.78 Å². The molecule has 1 rings (SSSR count). The molecule has 0 saturated heterocycles. The van der Waals surface area contributed by atoms with E-state index in [0.717, 1.165) is 5.56 Å². The number of hydrogen-bond donors (Lipinski definition) is 0. The molecule has 1 aromatic rings. The molecule has 2 nitrogen and oxygen atoms in total. The summed E-state index contributed by atoms with van der Waals surface area (Å²) in [5, 5.41) is 0. The highest BCUT2D eigenvalue weighted by atomic mass is 79.9. The molecule has 1 aromatic carbocycles. The highest BCUT2D eigenvalue weighted by Gasteiger charge is 2.36. The SMILES string of the molecule is O=C(OCC=Cc1ccccc1)C(F)(F)Br. The van der Waals surface area contributed by atoms with Crippen molar-refractivity contribution < 1.29 is 18.3 Å². The fraction of sp³-hybridized carbons (Fsp3) is 0.182. The molecule has 0 amide bonds. The average molecular weight is 291 g/mol. The van der Waals surface area contributed by atoms with Gasteiger partial charge in [0.25, 0.3) is 0 Å². The Morgan fingerprint density at radius 2 is 2.00 bits per heavy atom. The van der Waals surface area contributed by atoms with Crippen molar-refractivity contribution in [1.82, 2.24) is 0 Å². The maximum absolute atomic E-state index is 12.3. The molecule has 0 radical (unpaired) electrons. The van der Waals surface area contributed by atoms with Crippen LogP contribution in [-0.4, -0.2) is 17.4 Å². The molecule has 16 heavy (non-hydrogen) atoms. The first-order valence-corrected chi connectivity index (χ1v) is 5.25. The summed E-state index contributed by atoms with van der Waals surface area (Å²) in [4.78, 5) is 7.01. The highest BCUT2D eigenvalue weighted by molar-refractivity contribution is 9.10. The second-order valence-corrected chi connectivity index (χ2v) is 3.91. The first-order chi connectivity index (χ1) is 7.50. The van der Waals surface area contributed by atoms with Gasteiger partial charge in [0.15, 0.2) is 0 Å². The number of alkyl halides is 3. The predicted octanol–water partition coefficient (Wildman–Crippen LogP) is 3.23. The Morgan fingerprint density at radius 3 is 2.56 bits per heavy atom. The summed E-state index contributed by atoms with van der Waals surface area (Å²) < 4.78 is 28.9. The zero-order valence-electron chi connectivity index (χ0n) is 8.20. The Morgan fingerprint density at radius 1 is 1.38 bits per heavy atom. The van der Waals surface area contributed by atoms with Crippen LogP contribution in [0, 0.1) is 0 Å². The average Bonchev–Trinajstić information content (AvgIpc) is 2.24. The molecule has 5 heteroatoms. The molecule has 0 aliphatic carbocycles. The van der Waals surface area contributed by atoms with Crippen LogP contribution in [0.3, 0.4) is 0 Å². The van der Waals surface area contributed by atoms with Gasteiger partial charge in [0.1, 0.15) is 6.61 Å². The number of ether oxygens (including phenoxy) is 1. The lowest BCUT2D eigenvalue weighted by Gasteiger charge is -2.06. The van der Waals surface area contributed by atoms with Crippen molar-refractivity contribution in [2.24, 2.45) is 0 Å². The van der Waals surface area contributed by atoms with Crippen LogP contribution < -0.4 is 0 Å². The number of carbonyl (C=O) groups is 1. The Hall–Kier alpha value is -1.23. The summed E-state index contributed by atoms with van der Waals surface area (Å²) in [6, 6.07) is 9.24. The number of esters is 1. The molecule has 0 unspecified atom stereocenters. The van der Waals surface area contributed by atoms with Crippen molar-refractivity contribution in [3.63, 3.8) is 0 Å². The highest BCUT2D eigenvalue weighted by Crippen LogP contribution is 2.22. The molecule has 0 atom stereocenters. The molecule has 0 aromatic heterocycles. The minimum absolute atomic E-state index is 0.186. The summed E-state index contributed by atoms with van der Waals surface area (Å²) in [6.45, 7) is -0.186. The minimum Gasteiger partial charge on any atom is -0.456 e. The zero-order valence-corrected chi connectivity index (χ0v) is 9.78. The lowest BCUT2D eigenvalue weighted by atomic mass is 10.2. The third-order valence-electron chi connectivity index (χ3n) is 1.65. The van der Waals surface area contributed by atoms with Crippen LogP contribution in [0.1, 0.15) is 5.56 Å². The molecule has 0 aliphatic heterocycles. The van der Waals surface area contributed by atoms with E-state index in [2.05, 4.69) is 4.74 Å². The summed E-state index contributed by atoms with van der Waals surface area (Å²) in [5.74, 6) is -1.59. The van der Waals surface area contributed by atoms with Crippen LogP contribution in [0.4, 0.5) is 8.78 Å². The van der Waals surface area contributed by atoms with Crippen molar-refractivity contribution in [1.29, 1.82) is 0 Å². The van der Waals surface area contributed by atoms with Gasteiger partial charge in [0, 0.05) is 15.9 Å². The number of halogens is 3. The second-order valence-electron chi connectivity index (χ2n) is 2.91. The molecular weight excluding hydrogens is 282 g/mol. The van der Waals surface area contributed by atoms with Gasteiger partial charge in [-0.15, -0.1) is 0 Å². The third kappa shape index (κ3) is 4.53. The normalized spacial score (nSPS) is 11.7. The summed E-state index contributed by atoms with van der Waals surface area (Å²) in [7, 11) is 0. The molecule has 0 aliphatic rings. The van der Waals surface area contributed by atoms with Crippen molar-refractivity contribution in [2.45, 2.75) is 4.83 Å². The molecule has 0 bridgehead atoms. The lowest BCUT2D eigenvalue weighted by Crippen LogP contribution is -2.23. The fourth-order valence-electron chi connectivity index (χ4n) is 0.954. The van der Waals surface area contributed by atoms with Crippen molar-refractivity contribution >= 4 is 28.0 Å². The number of carbonyl (C=O) groups excluding carboxylic acids is 1. The van der Waals surface area contributed by atoms with Crippen LogP contribution in [0.5, 0.6) is 0 Å². The Labute approximate surface area is 100 Å². The maximum atomic E-state index is 12.3. The lowest BCUT2D eigenvalue weighted by molar-refractivity contribution is -0.157. The quantitative estimate of drug-likeness (QED) is 0.629. The standard InChI is InChI=1S/C11H9BrF2O2/c12-11(13,14)10(15)16-8-4-7-9-5-2-1-3-6-9/h1-7H,8H2. The Bertz CT molecular complexity index is 371. The van der Waals surface area contributed by atoms with Crippen LogP contribution in [0.15, 0.2) is 36.4 Å². The molecule has 86 valence electrons. The molecule has 0 saturated carbocycles. The van der Waals surface area contributed by atoms with Crippen LogP contribution in [0.2, 0.25) is 0 Å². The molecule has 0 spiro atoms. The van der Waals surface area contributed by atoms with Gasteiger partial charge in [-0.1, -0.05) is 36.4 Å². The van der Waals surface area contributed by atoms with Gasteiger partial charge in [0.05, 0.1) is 0 Å². The van der Waals surface area contributed by atoms with Gasteiger partial charge in [-0.25, -0.2) is 4.79 Å². The predicted molar refractivity (Wildman–Crippen MR) is 60.3 cm³/mol. The van der Waals surface area contributed by atoms with E-state index >= 15 is 0 Å². The minimum atomic E-state index is -3.62. The van der Waals surface area contributed by atoms with E-state index in [1.54, 1.807) is 6.08 Å². The van der Waals surface area contributed by atoms with Crippen LogP contribution in [-0.2, 0) is 9.53 Å². The molecule has 0 N–H and O–H groups in total. The van der Waals surface area contributed by atoms with Crippen molar-refractivity contribution in [3.05, 3.63) is 42.0 Å².